The van der Waals surface area contributed by atoms with E-state index in [-0.39, 0.29) is 44.6 Å². The Morgan fingerprint density at radius 3 is 1.89 bits per heavy atom. The summed E-state index contributed by atoms with van der Waals surface area (Å²) in [6, 6.07) is 15.5. The molecule has 1 unspecified atom stereocenters. The summed E-state index contributed by atoms with van der Waals surface area (Å²) in [6.07, 6.45) is -2.72. The summed E-state index contributed by atoms with van der Waals surface area (Å²) in [7, 11) is -6.75. The van der Waals surface area contributed by atoms with E-state index >= 15 is 0 Å². The van der Waals surface area contributed by atoms with Crippen LogP contribution in [0.15, 0.2) is 67.3 Å². The number of hydrogen-bond acceptors (Lipinski definition) is 12. The van der Waals surface area contributed by atoms with Crippen molar-refractivity contribution < 1.29 is 36.9 Å². The number of ketones is 1. The zero-order valence-corrected chi connectivity index (χ0v) is 36.5. The maximum absolute atomic E-state index is 15.0. The molecule has 57 heavy (non-hydrogen) atoms. The van der Waals surface area contributed by atoms with Gasteiger partial charge in [-0.15, -0.1) is 5.06 Å². The largest absolute Gasteiger partial charge is 0.414 e. The number of carbonyl (C=O) groups excluding carboxylic acids is 3. The van der Waals surface area contributed by atoms with Crippen LogP contribution in [0.5, 0.6) is 0 Å². The van der Waals surface area contributed by atoms with Crippen molar-refractivity contribution in [3.63, 3.8) is 0 Å². The Labute approximate surface area is 336 Å². The van der Waals surface area contributed by atoms with Crippen molar-refractivity contribution in [1.82, 2.24) is 24.6 Å². The highest BCUT2D eigenvalue weighted by Crippen LogP contribution is 2.51. The Kier molecular flexibility index (Phi) is 10.9. The Morgan fingerprint density at radius 2 is 1.33 bits per heavy atom. The first-order valence-electron chi connectivity index (χ1n) is 19.8. The van der Waals surface area contributed by atoms with Gasteiger partial charge in [-0.05, 0) is 55.1 Å². The van der Waals surface area contributed by atoms with E-state index in [9.17, 15) is 14.4 Å². The number of carbonyl (C=O) groups is 3. The lowest BCUT2D eigenvalue weighted by Gasteiger charge is -2.53. The molecule has 2 amide bonds. The highest BCUT2D eigenvalue weighted by atomic mass is 28.5. The molecule has 304 valence electrons. The van der Waals surface area contributed by atoms with Crippen LogP contribution in [0.3, 0.4) is 0 Å². The number of benzene rings is 2. The third-order valence-corrected chi connectivity index (χ3v) is 21.4. The third-order valence-electron chi connectivity index (χ3n) is 11.1. The summed E-state index contributed by atoms with van der Waals surface area (Å²) in [5, 5.41) is 4.18. The number of hydroxylamine groups is 2. The molecule has 0 spiro atoms. The van der Waals surface area contributed by atoms with Gasteiger partial charge in [-0.25, -0.2) is 15.0 Å². The van der Waals surface area contributed by atoms with Gasteiger partial charge < -0.3 is 23.0 Å². The number of hydrogen-bond donors (Lipinski definition) is 1. The van der Waals surface area contributed by atoms with Crippen LogP contribution in [0, 0.1) is 0 Å². The highest BCUT2D eigenvalue weighted by Gasteiger charge is 2.66. The molecule has 4 aromatic rings. The van der Waals surface area contributed by atoms with E-state index in [4.69, 9.17) is 27.5 Å². The van der Waals surface area contributed by atoms with Gasteiger partial charge in [0.05, 0.1) is 17.5 Å². The number of imide groups is 1. The lowest BCUT2D eigenvalue weighted by molar-refractivity contribution is -0.177. The fraction of sp³-hybridized carbons (Fsp3) is 0.512. The van der Waals surface area contributed by atoms with Crippen LogP contribution >= 0.6 is 0 Å². The molecule has 5 heterocycles. The van der Waals surface area contributed by atoms with Crippen LogP contribution in [0.25, 0.3) is 11.2 Å². The first-order chi connectivity index (χ1) is 26.9. The molecule has 1 N–H and O–H groups in total. The second-order valence-corrected chi connectivity index (χ2v) is 26.2. The Balaban J connectivity index is 1.45. The van der Waals surface area contributed by atoms with E-state index in [2.05, 4.69) is 70.7 Å². The van der Waals surface area contributed by atoms with Crippen LogP contribution in [0.2, 0.25) is 22.2 Å². The summed E-state index contributed by atoms with van der Waals surface area (Å²) in [5.74, 6) is -1.04. The molecule has 16 heteroatoms. The molecule has 2 fully saturated rings. The van der Waals surface area contributed by atoms with Crippen molar-refractivity contribution in [3.8, 4) is 0 Å². The number of nitrogens with zero attached hydrogens (tertiary/aromatic N) is 5. The minimum absolute atomic E-state index is 0.0845. The number of Topliss-reactive ketones (excluding diaryl/α,β-unsaturated/α-hetero) is 1. The van der Waals surface area contributed by atoms with Crippen molar-refractivity contribution >= 4 is 51.7 Å². The number of rotatable bonds is 10. The third kappa shape index (κ3) is 7.08. The number of nitrogens with one attached hydrogen (secondary N) is 1. The Morgan fingerprint density at radius 1 is 0.772 bits per heavy atom. The zero-order chi connectivity index (χ0) is 41.2. The average Bonchev–Trinajstić information content (AvgIpc) is 3.80. The monoisotopic (exact) mass is 814 g/mol. The number of fused-ring (bicyclic) bond motifs is 3. The van der Waals surface area contributed by atoms with E-state index in [0.717, 1.165) is 5.06 Å². The molecule has 2 aromatic carbocycles. The molecule has 14 nitrogen and oxygen atoms in total. The fourth-order valence-electron chi connectivity index (χ4n) is 8.34. The van der Waals surface area contributed by atoms with E-state index in [1.165, 1.54) is 6.33 Å². The van der Waals surface area contributed by atoms with Crippen molar-refractivity contribution in [2.75, 3.05) is 5.32 Å². The molecule has 0 saturated carbocycles. The first kappa shape index (κ1) is 41.0. The van der Waals surface area contributed by atoms with Crippen LogP contribution < -0.4 is 5.32 Å². The molecule has 2 aromatic heterocycles. The van der Waals surface area contributed by atoms with Crippen LogP contribution in [0.1, 0.15) is 113 Å². The second-order valence-electron chi connectivity index (χ2n) is 17.4. The van der Waals surface area contributed by atoms with Gasteiger partial charge in [-0.3, -0.25) is 23.8 Å². The quantitative estimate of drug-likeness (QED) is 0.0946. The summed E-state index contributed by atoms with van der Waals surface area (Å²) in [5.41, 5.74) is 1.02. The number of anilines is 1. The van der Waals surface area contributed by atoms with Gasteiger partial charge >= 0.3 is 17.1 Å². The molecule has 3 aliphatic heterocycles. The molecule has 2 saturated heterocycles. The van der Waals surface area contributed by atoms with E-state index in [1.807, 2.05) is 26.8 Å². The average molecular weight is 815 g/mol. The number of ether oxygens (including phenoxy) is 1. The van der Waals surface area contributed by atoms with Gasteiger partial charge in [-0.2, -0.15) is 0 Å². The van der Waals surface area contributed by atoms with Crippen LogP contribution in [-0.4, -0.2) is 89.3 Å². The lowest BCUT2D eigenvalue weighted by atomic mass is 9.98. The van der Waals surface area contributed by atoms with Crippen molar-refractivity contribution in [3.05, 3.63) is 83.9 Å². The zero-order valence-electron chi connectivity index (χ0n) is 34.5. The van der Waals surface area contributed by atoms with Gasteiger partial charge in [0.15, 0.2) is 35.1 Å². The molecule has 0 aliphatic carbocycles. The Bertz CT molecular complexity index is 2100. The minimum Gasteiger partial charge on any atom is -0.414 e. The summed E-state index contributed by atoms with van der Waals surface area (Å²) < 4.78 is 31.3. The number of imidazole rings is 1. The van der Waals surface area contributed by atoms with Crippen molar-refractivity contribution in [1.29, 1.82) is 0 Å². The number of amides is 2. The van der Waals surface area contributed by atoms with Gasteiger partial charge in [0, 0.05) is 11.1 Å². The minimum atomic E-state index is -3.39. The summed E-state index contributed by atoms with van der Waals surface area (Å²) >= 11 is 0. The van der Waals surface area contributed by atoms with E-state index in [0.29, 0.717) is 22.5 Å². The topological polar surface area (TPSA) is 156 Å². The summed E-state index contributed by atoms with van der Waals surface area (Å²) in [4.78, 5) is 63.4. The molecule has 0 bridgehead atoms. The summed E-state index contributed by atoms with van der Waals surface area (Å²) in [6.45, 7) is 22.7. The van der Waals surface area contributed by atoms with Crippen molar-refractivity contribution in [2.24, 2.45) is 0 Å². The number of aromatic nitrogens is 4. The molecule has 5 atom stereocenters. The maximum Gasteiger partial charge on any atom is 0.335 e. The first-order valence-corrected chi connectivity index (χ1v) is 23.7. The molecule has 0 radical (unpaired) electrons. The van der Waals surface area contributed by atoms with Gasteiger partial charge in [0.25, 0.3) is 11.8 Å². The van der Waals surface area contributed by atoms with Gasteiger partial charge in [0.2, 0.25) is 0 Å². The van der Waals surface area contributed by atoms with Crippen LogP contribution in [0.4, 0.5) is 5.82 Å². The van der Waals surface area contributed by atoms with Crippen LogP contribution in [-0.2, 0) is 22.5 Å². The second kappa shape index (κ2) is 15.2. The molecule has 3 aliphatic rings. The lowest BCUT2D eigenvalue weighted by Crippen LogP contribution is -2.68. The fourth-order valence-corrected chi connectivity index (χ4v) is 19.6. The normalized spacial score (nSPS) is 24.7. The molecule has 7 rings (SSSR count). The Hall–Kier alpha value is -4.17. The van der Waals surface area contributed by atoms with Gasteiger partial charge in [-0.1, -0.05) is 97.9 Å². The van der Waals surface area contributed by atoms with E-state index < -0.39 is 59.6 Å². The standard InChI is InChI=1S/C41H54N6O8Si2/c1-23(2)56(24(3)4)53-32(31(48)27-17-13-12-14-18-27)33-34(54-57(55-56,25(5)6)26(7)8)35(52-47-38(49)28-19-15-16-20-29(28)39(47)50)40(51-33)46-22-44-30-36(45-41(9,10)11)42-21-43-37(30)46/h12-26,32-35,40H,1-11H3,(H,42,43,45)/t32?,33-,34-,35-,40-/m1/s1. The maximum atomic E-state index is 15.0. The molecular formula is C41H54N6O8Si2. The molecular weight excluding hydrogens is 761 g/mol. The smallest absolute Gasteiger partial charge is 0.335 e. The SMILES string of the molecule is CC(C)[Si]1(C(C)C)OC(C(=O)c2ccccc2)[C@H]2O[C@@H](n3cnc4c(NC(C)(C)C)ncnc43)[C@H](ON3C(=O)c4ccccc4C3=O)[C@@H]2O[Si](C(C)C)(C(C)C)O1. The predicted molar refractivity (Wildman–Crippen MR) is 218 cm³/mol. The van der Waals surface area contributed by atoms with E-state index in [1.54, 1.807) is 59.4 Å². The highest BCUT2D eigenvalue weighted by molar-refractivity contribution is 6.84. The van der Waals surface area contributed by atoms with Crippen molar-refractivity contribution in [2.45, 2.75) is 135 Å². The van der Waals surface area contributed by atoms with Gasteiger partial charge in [0.1, 0.15) is 24.6 Å². The predicted octanol–water partition coefficient (Wildman–Crippen LogP) is 7.74.